The molecule has 1 aromatic carbocycles. The number of nitrogens with one attached hydrogen (secondary N) is 1. The van der Waals surface area contributed by atoms with Crippen LogP contribution in [0.1, 0.15) is 39.2 Å². The number of benzene rings is 1. The van der Waals surface area contributed by atoms with Crippen LogP contribution in [0.15, 0.2) is 23.2 Å². The Morgan fingerprint density at radius 3 is 2.50 bits per heavy atom. The largest absolute Gasteiger partial charge is 0.378 e. The normalized spacial score (nSPS) is 14.8. The van der Waals surface area contributed by atoms with Crippen LogP contribution in [0, 0.1) is 5.92 Å². The molecule has 0 aromatic heterocycles. The zero-order chi connectivity index (χ0) is 11.7. The second kappa shape index (κ2) is 4.28. The fraction of sp³-hybridized carbons (Fsp3) is 0.500. The van der Waals surface area contributed by atoms with Gasteiger partial charge in [-0.05, 0) is 29.5 Å². The fourth-order valence-corrected chi connectivity index (χ4v) is 1.86. The molecule has 1 N–H and O–H groups in total. The third-order valence-corrected chi connectivity index (χ3v) is 3.08. The van der Waals surface area contributed by atoms with Crippen LogP contribution in [0.4, 0.5) is 11.4 Å². The summed E-state index contributed by atoms with van der Waals surface area (Å²) in [6.45, 7) is 9.69. The number of fused-ring (bicyclic) bond motifs is 1. The third-order valence-electron chi connectivity index (χ3n) is 3.08. The van der Waals surface area contributed by atoms with Crippen molar-refractivity contribution in [3.8, 4) is 0 Å². The van der Waals surface area contributed by atoms with Gasteiger partial charge in [0.15, 0.2) is 0 Å². The molecule has 1 aromatic rings. The van der Waals surface area contributed by atoms with Gasteiger partial charge in [0, 0.05) is 5.71 Å². The first-order chi connectivity index (χ1) is 7.58. The van der Waals surface area contributed by atoms with Crippen molar-refractivity contribution >= 4 is 17.1 Å². The van der Waals surface area contributed by atoms with E-state index in [1.807, 2.05) is 0 Å². The first-order valence-corrected chi connectivity index (χ1v) is 6.03. The molecule has 0 atom stereocenters. The zero-order valence-corrected chi connectivity index (χ0v) is 10.5. The maximum Gasteiger partial charge on any atom is 0.0864 e. The Morgan fingerprint density at radius 2 is 1.88 bits per heavy atom. The number of hydrogen-bond donors (Lipinski definition) is 1. The fourth-order valence-electron chi connectivity index (χ4n) is 1.86. The minimum atomic E-state index is 0.517. The Labute approximate surface area is 97.8 Å². The smallest absolute Gasteiger partial charge is 0.0864 e. The maximum absolute atomic E-state index is 4.74. The Kier molecular flexibility index (Phi) is 2.99. The number of rotatable bonds is 2. The highest BCUT2D eigenvalue weighted by atomic mass is 15.0. The van der Waals surface area contributed by atoms with Crippen molar-refractivity contribution in [2.75, 3.05) is 11.9 Å². The average Bonchev–Trinajstić information content (AvgIpc) is 2.27. The molecule has 1 aliphatic rings. The van der Waals surface area contributed by atoms with Crippen LogP contribution in [0.25, 0.3) is 0 Å². The molecular formula is C14H20N2. The van der Waals surface area contributed by atoms with Gasteiger partial charge in [-0.1, -0.05) is 33.8 Å². The van der Waals surface area contributed by atoms with Gasteiger partial charge in [-0.2, -0.15) is 0 Å². The van der Waals surface area contributed by atoms with Crippen LogP contribution in [0.3, 0.4) is 0 Å². The van der Waals surface area contributed by atoms with Gasteiger partial charge < -0.3 is 5.32 Å². The second-order valence-corrected chi connectivity index (χ2v) is 5.04. The highest BCUT2D eigenvalue weighted by Crippen LogP contribution is 2.32. The molecule has 0 saturated heterocycles. The minimum Gasteiger partial charge on any atom is -0.378 e. The molecule has 1 aliphatic heterocycles. The Bertz CT molecular complexity index is 417. The van der Waals surface area contributed by atoms with Crippen LogP contribution < -0.4 is 5.32 Å². The monoisotopic (exact) mass is 216 g/mol. The number of hydrogen-bond acceptors (Lipinski definition) is 2. The minimum absolute atomic E-state index is 0.517. The molecule has 0 amide bonds. The molecule has 2 rings (SSSR count). The van der Waals surface area contributed by atoms with Gasteiger partial charge in [-0.15, -0.1) is 0 Å². The standard InChI is InChI=1S/C14H20N2/c1-9(2)11-5-6-12-13(7-11)16-14(8-15-12)10(3)4/h5-7,9-10,15H,8H2,1-4H3. The molecule has 0 spiro atoms. The van der Waals surface area contributed by atoms with E-state index in [1.54, 1.807) is 0 Å². The van der Waals surface area contributed by atoms with Crippen LogP contribution >= 0.6 is 0 Å². The van der Waals surface area contributed by atoms with E-state index in [0.717, 1.165) is 17.9 Å². The molecular weight excluding hydrogens is 196 g/mol. The van der Waals surface area contributed by atoms with E-state index in [4.69, 9.17) is 4.99 Å². The quantitative estimate of drug-likeness (QED) is 0.795. The summed E-state index contributed by atoms with van der Waals surface area (Å²) in [5.74, 6) is 1.08. The molecule has 0 saturated carbocycles. The van der Waals surface area contributed by atoms with E-state index in [1.165, 1.54) is 11.3 Å². The lowest BCUT2D eigenvalue weighted by Crippen LogP contribution is -2.22. The molecule has 0 fully saturated rings. The van der Waals surface area contributed by atoms with Gasteiger partial charge in [0.1, 0.15) is 0 Å². The van der Waals surface area contributed by atoms with E-state index in [9.17, 15) is 0 Å². The Hall–Kier alpha value is -1.31. The predicted octanol–water partition coefficient (Wildman–Crippen LogP) is 3.96. The highest BCUT2D eigenvalue weighted by molar-refractivity contribution is 5.96. The molecule has 2 nitrogen and oxygen atoms in total. The summed E-state index contributed by atoms with van der Waals surface area (Å²) in [5, 5.41) is 3.43. The molecule has 2 heteroatoms. The van der Waals surface area contributed by atoms with Crippen LogP contribution in [-0.2, 0) is 0 Å². The van der Waals surface area contributed by atoms with E-state index in [0.29, 0.717) is 11.8 Å². The van der Waals surface area contributed by atoms with E-state index < -0.39 is 0 Å². The van der Waals surface area contributed by atoms with Crippen LogP contribution in [-0.4, -0.2) is 12.3 Å². The summed E-state index contributed by atoms with van der Waals surface area (Å²) in [5.41, 5.74) is 4.86. The molecule has 86 valence electrons. The van der Waals surface area contributed by atoms with Crippen molar-refractivity contribution in [2.24, 2.45) is 10.9 Å². The molecule has 1 heterocycles. The summed E-state index contributed by atoms with van der Waals surface area (Å²) >= 11 is 0. The zero-order valence-electron chi connectivity index (χ0n) is 10.5. The van der Waals surface area contributed by atoms with E-state index in [-0.39, 0.29) is 0 Å². The van der Waals surface area contributed by atoms with Crippen molar-refractivity contribution in [3.05, 3.63) is 23.8 Å². The lowest BCUT2D eigenvalue weighted by Gasteiger charge is -2.21. The van der Waals surface area contributed by atoms with E-state index in [2.05, 4.69) is 51.2 Å². The lowest BCUT2D eigenvalue weighted by molar-refractivity contribution is 0.859. The van der Waals surface area contributed by atoms with Gasteiger partial charge in [0.2, 0.25) is 0 Å². The number of nitrogens with zero attached hydrogens (tertiary/aromatic N) is 1. The molecule has 0 aliphatic carbocycles. The first-order valence-electron chi connectivity index (χ1n) is 6.03. The number of anilines is 1. The summed E-state index contributed by atoms with van der Waals surface area (Å²) in [6.07, 6.45) is 0. The van der Waals surface area contributed by atoms with Gasteiger partial charge in [-0.3, -0.25) is 4.99 Å². The van der Waals surface area contributed by atoms with Gasteiger partial charge in [0.05, 0.1) is 17.9 Å². The van der Waals surface area contributed by atoms with Gasteiger partial charge in [0.25, 0.3) is 0 Å². The maximum atomic E-state index is 4.74. The van der Waals surface area contributed by atoms with Crippen LogP contribution in [0.2, 0.25) is 0 Å². The molecule has 0 radical (unpaired) electrons. The van der Waals surface area contributed by atoms with Crippen LogP contribution in [0.5, 0.6) is 0 Å². The first kappa shape index (κ1) is 11.2. The van der Waals surface area contributed by atoms with Crippen molar-refractivity contribution < 1.29 is 0 Å². The predicted molar refractivity (Wildman–Crippen MR) is 71.0 cm³/mol. The van der Waals surface area contributed by atoms with Crippen molar-refractivity contribution in [3.63, 3.8) is 0 Å². The van der Waals surface area contributed by atoms with Gasteiger partial charge >= 0.3 is 0 Å². The Balaban J connectivity index is 2.39. The topological polar surface area (TPSA) is 24.4 Å². The highest BCUT2D eigenvalue weighted by Gasteiger charge is 2.14. The van der Waals surface area contributed by atoms with Crippen molar-refractivity contribution in [1.82, 2.24) is 0 Å². The summed E-state index contributed by atoms with van der Waals surface area (Å²) in [7, 11) is 0. The lowest BCUT2D eigenvalue weighted by atomic mass is 10.0. The number of aliphatic imine (C=N–C) groups is 1. The Morgan fingerprint density at radius 1 is 1.12 bits per heavy atom. The summed E-state index contributed by atoms with van der Waals surface area (Å²) in [6, 6.07) is 6.53. The van der Waals surface area contributed by atoms with Crippen molar-refractivity contribution in [2.45, 2.75) is 33.6 Å². The molecule has 0 unspecified atom stereocenters. The second-order valence-electron chi connectivity index (χ2n) is 5.04. The summed E-state index contributed by atoms with van der Waals surface area (Å²) in [4.78, 5) is 4.74. The average molecular weight is 216 g/mol. The SMILES string of the molecule is CC(C)C1=Nc2cc(C(C)C)ccc2NC1. The van der Waals surface area contributed by atoms with Gasteiger partial charge in [-0.25, -0.2) is 0 Å². The van der Waals surface area contributed by atoms with E-state index >= 15 is 0 Å². The summed E-state index contributed by atoms with van der Waals surface area (Å²) < 4.78 is 0. The molecule has 16 heavy (non-hydrogen) atoms. The molecule has 0 bridgehead atoms. The third kappa shape index (κ3) is 2.11. The van der Waals surface area contributed by atoms with Crippen molar-refractivity contribution in [1.29, 1.82) is 0 Å².